The summed E-state index contributed by atoms with van der Waals surface area (Å²) in [4.78, 5) is 4.09. The van der Waals surface area contributed by atoms with E-state index in [2.05, 4.69) is 30.9 Å². The third-order valence-corrected chi connectivity index (χ3v) is 3.36. The summed E-state index contributed by atoms with van der Waals surface area (Å²) in [5, 5.41) is 6.12. The minimum Gasteiger partial charge on any atom is -0.463 e. The van der Waals surface area contributed by atoms with Gasteiger partial charge in [0.25, 0.3) is 6.02 Å². The van der Waals surface area contributed by atoms with Gasteiger partial charge in [0.2, 0.25) is 5.92 Å². The number of aliphatic imine (C=N–C) groups is 1. The highest BCUT2D eigenvalue weighted by atomic mass is 19.3. The average molecular weight is 332 g/mol. The summed E-state index contributed by atoms with van der Waals surface area (Å²) in [5.74, 6) is -2.70. The molecule has 1 fully saturated rings. The molecule has 2 N–H and O–H groups in total. The number of alkyl halides is 2. The predicted molar refractivity (Wildman–Crippen MR) is 89.7 cm³/mol. The molecule has 0 heterocycles. The van der Waals surface area contributed by atoms with Gasteiger partial charge in [-0.25, -0.2) is 13.8 Å². The number of nitrogens with two attached hydrogens (primary N) is 1. The summed E-state index contributed by atoms with van der Waals surface area (Å²) in [7, 11) is 1.76. The van der Waals surface area contributed by atoms with Crippen molar-refractivity contribution in [2.45, 2.75) is 65.9 Å². The molecule has 0 radical (unpaired) electrons. The molecule has 1 saturated carbocycles. The minimum atomic E-state index is -2.55. The lowest BCUT2D eigenvalue weighted by Crippen LogP contribution is -2.41. The molecule has 1 aliphatic rings. The van der Waals surface area contributed by atoms with E-state index in [4.69, 9.17) is 10.5 Å². The molecule has 5 nitrogen and oxygen atoms in total. The number of hydrogen-bond donors (Lipinski definition) is 1. The molecule has 0 saturated heterocycles. The number of halogens is 2. The Hall–Kier alpha value is -1.40. The van der Waals surface area contributed by atoms with Crippen molar-refractivity contribution in [3.63, 3.8) is 0 Å². The molecule has 0 unspecified atom stereocenters. The van der Waals surface area contributed by atoms with E-state index in [1.807, 2.05) is 13.8 Å². The SMILES string of the molecule is CC(C)OC(N)=NCN(C)/N=C(\CC(C)(C)C)C1CC(F)(F)C1. The fourth-order valence-electron chi connectivity index (χ4n) is 2.40. The second kappa shape index (κ2) is 7.45. The van der Waals surface area contributed by atoms with Crippen LogP contribution in [0.3, 0.4) is 0 Å². The van der Waals surface area contributed by atoms with Gasteiger partial charge in [-0.05, 0) is 25.7 Å². The molecule has 7 heteroatoms. The summed E-state index contributed by atoms with van der Waals surface area (Å²) >= 11 is 0. The lowest BCUT2D eigenvalue weighted by molar-refractivity contribution is -0.0920. The van der Waals surface area contributed by atoms with Crippen molar-refractivity contribution in [2.75, 3.05) is 13.7 Å². The zero-order chi connectivity index (χ0) is 17.8. The van der Waals surface area contributed by atoms with Crippen molar-refractivity contribution >= 4 is 11.7 Å². The summed E-state index contributed by atoms with van der Waals surface area (Å²) in [6.07, 6.45) is 0.413. The standard InChI is InChI=1S/C16H30F2N4O/c1-11(2)23-14(19)20-10-22(6)21-13(9-15(3,4)5)12-7-16(17,18)8-12/h11-12H,7-10H2,1-6H3,(H2,19,20)/b21-13+. The van der Waals surface area contributed by atoms with Crippen molar-refractivity contribution in [1.29, 1.82) is 0 Å². The first kappa shape index (κ1) is 19.6. The predicted octanol–water partition coefficient (Wildman–Crippen LogP) is 3.45. The lowest BCUT2D eigenvalue weighted by Gasteiger charge is -2.37. The third kappa shape index (κ3) is 7.61. The van der Waals surface area contributed by atoms with Crippen molar-refractivity contribution in [3.05, 3.63) is 0 Å². The van der Waals surface area contributed by atoms with Crippen LogP contribution in [0.4, 0.5) is 8.78 Å². The van der Waals surface area contributed by atoms with E-state index in [0.29, 0.717) is 6.42 Å². The van der Waals surface area contributed by atoms with E-state index >= 15 is 0 Å². The third-order valence-electron chi connectivity index (χ3n) is 3.36. The quantitative estimate of drug-likeness (QED) is 0.460. The maximum Gasteiger partial charge on any atom is 0.284 e. The molecule has 0 aromatic rings. The maximum atomic E-state index is 13.2. The number of rotatable bonds is 6. The summed E-state index contributed by atoms with van der Waals surface area (Å²) < 4.78 is 31.6. The van der Waals surface area contributed by atoms with Gasteiger partial charge in [-0.1, -0.05) is 20.8 Å². The van der Waals surface area contributed by atoms with Crippen molar-refractivity contribution in [3.8, 4) is 0 Å². The van der Waals surface area contributed by atoms with E-state index in [0.717, 1.165) is 5.71 Å². The Morgan fingerprint density at radius 1 is 1.35 bits per heavy atom. The molecule has 0 aromatic carbocycles. The molecule has 0 spiro atoms. The highest BCUT2D eigenvalue weighted by molar-refractivity contribution is 5.88. The zero-order valence-electron chi connectivity index (χ0n) is 15.1. The number of amidine groups is 1. The van der Waals surface area contributed by atoms with Crippen LogP contribution >= 0.6 is 0 Å². The Bertz CT molecular complexity index is 447. The Balaban J connectivity index is 2.71. The van der Waals surface area contributed by atoms with E-state index in [1.54, 1.807) is 12.1 Å². The molecule has 0 amide bonds. The first-order valence-corrected chi connectivity index (χ1v) is 8.01. The molecule has 0 aromatic heterocycles. The Morgan fingerprint density at radius 3 is 2.35 bits per heavy atom. The summed E-state index contributed by atoms with van der Waals surface area (Å²) in [5.41, 5.74) is 6.45. The first-order chi connectivity index (χ1) is 10.4. The van der Waals surface area contributed by atoms with Gasteiger partial charge < -0.3 is 10.5 Å². The Labute approximate surface area is 138 Å². The van der Waals surface area contributed by atoms with Crippen LogP contribution < -0.4 is 5.73 Å². The highest BCUT2D eigenvalue weighted by Crippen LogP contribution is 2.44. The molecule has 0 bridgehead atoms. The molecule has 0 atom stereocenters. The Morgan fingerprint density at radius 2 is 1.91 bits per heavy atom. The van der Waals surface area contributed by atoms with Crippen LogP contribution in [-0.2, 0) is 4.74 Å². The fraction of sp³-hybridized carbons (Fsp3) is 0.875. The van der Waals surface area contributed by atoms with Crippen LogP contribution in [0.1, 0.15) is 53.9 Å². The van der Waals surface area contributed by atoms with Crippen LogP contribution in [0.15, 0.2) is 10.1 Å². The van der Waals surface area contributed by atoms with Crippen LogP contribution in [0.2, 0.25) is 0 Å². The van der Waals surface area contributed by atoms with E-state index in [1.165, 1.54) is 0 Å². The second-order valence-corrected chi connectivity index (χ2v) is 7.75. The molecule has 134 valence electrons. The highest BCUT2D eigenvalue weighted by Gasteiger charge is 2.47. The number of hydrogen-bond acceptors (Lipinski definition) is 4. The number of ether oxygens (including phenoxy) is 1. The average Bonchev–Trinajstić information content (AvgIpc) is 2.30. The van der Waals surface area contributed by atoms with Crippen LogP contribution in [0, 0.1) is 11.3 Å². The van der Waals surface area contributed by atoms with E-state index in [-0.39, 0.29) is 43.0 Å². The monoisotopic (exact) mass is 332 g/mol. The number of hydrazone groups is 1. The van der Waals surface area contributed by atoms with Gasteiger partial charge in [0.05, 0.1) is 6.10 Å². The summed E-state index contributed by atoms with van der Waals surface area (Å²) in [6, 6.07) is 0.106. The molecule has 23 heavy (non-hydrogen) atoms. The zero-order valence-corrected chi connectivity index (χ0v) is 15.1. The maximum absolute atomic E-state index is 13.2. The number of nitrogens with zero attached hydrogens (tertiary/aromatic N) is 3. The lowest BCUT2D eigenvalue weighted by atomic mass is 9.74. The van der Waals surface area contributed by atoms with Gasteiger partial charge in [-0.2, -0.15) is 5.10 Å². The van der Waals surface area contributed by atoms with Crippen LogP contribution in [-0.4, -0.2) is 42.5 Å². The van der Waals surface area contributed by atoms with Crippen molar-refractivity contribution in [1.82, 2.24) is 5.01 Å². The molecular formula is C16H30F2N4O. The van der Waals surface area contributed by atoms with E-state index < -0.39 is 5.92 Å². The van der Waals surface area contributed by atoms with Crippen LogP contribution in [0.25, 0.3) is 0 Å². The summed E-state index contributed by atoms with van der Waals surface area (Å²) in [6.45, 7) is 10.2. The molecular weight excluding hydrogens is 302 g/mol. The van der Waals surface area contributed by atoms with Gasteiger partial charge in [0, 0.05) is 31.5 Å². The van der Waals surface area contributed by atoms with Gasteiger partial charge >= 0.3 is 0 Å². The van der Waals surface area contributed by atoms with Crippen LogP contribution in [0.5, 0.6) is 0 Å². The topological polar surface area (TPSA) is 63.2 Å². The Kier molecular flexibility index (Phi) is 6.36. The molecule has 1 aliphatic carbocycles. The van der Waals surface area contributed by atoms with Gasteiger partial charge in [0.15, 0.2) is 0 Å². The van der Waals surface area contributed by atoms with Gasteiger partial charge in [0.1, 0.15) is 6.67 Å². The molecule has 1 rings (SSSR count). The van der Waals surface area contributed by atoms with Gasteiger partial charge in [-0.3, -0.25) is 5.01 Å². The normalized spacial score (nSPS) is 19.7. The van der Waals surface area contributed by atoms with E-state index in [9.17, 15) is 8.78 Å². The fourth-order valence-corrected chi connectivity index (χ4v) is 2.40. The minimum absolute atomic E-state index is 0.00635. The molecule has 0 aliphatic heterocycles. The second-order valence-electron chi connectivity index (χ2n) is 7.75. The smallest absolute Gasteiger partial charge is 0.284 e. The largest absolute Gasteiger partial charge is 0.463 e. The van der Waals surface area contributed by atoms with Crippen molar-refractivity contribution < 1.29 is 13.5 Å². The van der Waals surface area contributed by atoms with Gasteiger partial charge in [-0.15, -0.1) is 0 Å². The first-order valence-electron chi connectivity index (χ1n) is 8.01. The van der Waals surface area contributed by atoms with Crippen molar-refractivity contribution in [2.24, 2.45) is 27.2 Å².